The lowest BCUT2D eigenvalue weighted by Gasteiger charge is -2.13. The Morgan fingerprint density at radius 2 is 1.83 bits per heavy atom. The van der Waals surface area contributed by atoms with Crippen molar-refractivity contribution < 1.29 is 0 Å². The molecule has 0 aliphatic heterocycles. The Balaban J connectivity index is 3.63. The summed E-state index contributed by atoms with van der Waals surface area (Å²) in [6.45, 7) is 12.1. The van der Waals surface area contributed by atoms with Crippen LogP contribution in [0.15, 0.2) is 24.3 Å². The van der Waals surface area contributed by atoms with Crippen molar-refractivity contribution in [2.75, 3.05) is 0 Å². The van der Waals surface area contributed by atoms with E-state index in [4.69, 9.17) is 5.73 Å². The van der Waals surface area contributed by atoms with Crippen LogP contribution >= 0.6 is 0 Å². The van der Waals surface area contributed by atoms with Crippen molar-refractivity contribution in [2.45, 2.75) is 45.6 Å². The maximum Gasteiger partial charge on any atom is 0.0253 e. The van der Waals surface area contributed by atoms with E-state index in [1.165, 1.54) is 5.57 Å². The van der Waals surface area contributed by atoms with Gasteiger partial charge in [0.25, 0.3) is 0 Å². The summed E-state index contributed by atoms with van der Waals surface area (Å²) >= 11 is 0. The molecule has 1 heteroatoms. The lowest BCUT2D eigenvalue weighted by atomic mass is 9.99. The van der Waals surface area contributed by atoms with Gasteiger partial charge in [0.2, 0.25) is 0 Å². The molecule has 2 N–H and O–H groups in total. The second kappa shape index (κ2) is 6.01. The van der Waals surface area contributed by atoms with Gasteiger partial charge >= 0.3 is 0 Å². The fourth-order valence-corrected chi connectivity index (χ4v) is 1.00. The molecule has 1 unspecified atom stereocenters. The van der Waals surface area contributed by atoms with Crippen LogP contribution in [0.25, 0.3) is 0 Å². The van der Waals surface area contributed by atoms with E-state index >= 15 is 0 Å². The van der Waals surface area contributed by atoms with E-state index in [2.05, 4.69) is 27.0 Å². The minimum absolute atomic E-state index is 0.165. The number of rotatable bonds is 6. The molecule has 12 heavy (non-hydrogen) atoms. The van der Waals surface area contributed by atoms with E-state index in [0.29, 0.717) is 0 Å². The molecule has 0 aliphatic carbocycles. The van der Waals surface area contributed by atoms with Crippen LogP contribution in [0.4, 0.5) is 0 Å². The molecule has 70 valence electrons. The van der Waals surface area contributed by atoms with Gasteiger partial charge in [-0.15, -0.1) is 0 Å². The van der Waals surface area contributed by atoms with Crippen LogP contribution in [-0.4, -0.2) is 6.04 Å². The quantitative estimate of drug-likeness (QED) is 0.605. The molecule has 1 atom stereocenters. The van der Waals surface area contributed by atoms with Gasteiger partial charge in [0, 0.05) is 6.04 Å². The van der Waals surface area contributed by atoms with E-state index < -0.39 is 0 Å². The molecule has 0 fully saturated rings. The van der Waals surface area contributed by atoms with Crippen molar-refractivity contribution in [1.29, 1.82) is 0 Å². The van der Waals surface area contributed by atoms with Crippen LogP contribution in [0.5, 0.6) is 0 Å². The summed E-state index contributed by atoms with van der Waals surface area (Å²) in [6.07, 6.45) is 4.08. The molecular formula is C11H21N. The number of hydrogen-bond acceptors (Lipinski definition) is 1. The topological polar surface area (TPSA) is 26.0 Å². The van der Waals surface area contributed by atoms with Gasteiger partial charge in [0.15, 0.2) is 0 Å². The van der Waals surface area contributed by atoms with Crippen molar-refractivity contribution in [3.63, 3.8) is 0 Å². The maximum absolute atomic E-state index is 5.89. The highest BCUT2D eigenvalue weighted by Gasteiger charge is 2.04. The van der Waals surface area contributed by atoms with Crippen molar-refractivity contribution in [3.05, 3.63) is 24.3 Å². The van der Waals surface area contributed by atoms with E-state index in [-0.39, 0.29) is 6.04 Å². The molecule has 1 nitrogen and oxygen atoms in total. The molecule has 0 saturated heterocycles. The molecule has 0 amide bonds. The molecule has 0 rings (SSSR count). The predicted molar refractivity (Wildman–Crippen MR) is 56.1 cm³/mol. The lowest BCUT2D eigenvalue weighted by molar-refractivity contribution is 0.661. The van der Waals surface area contributed by atoms with E-state index in [1.54, 1.807) is 0 Å². The zero-order chi connectivity index (χ0) is 9.56. The van der Waals surface area contributed by atoms with Crippen molar-refractivity contribution in [3.8, 4) is 0 Å². The third kappa shape index (κ3) is 4.35. The Labute approximate surface area is 76.3 Å². The minimum atomic E-state index is 0.165. The second-order valence-electron chi connectivity index (χ2n) is 3.26. The van der Waals surface area contributed by atoms with Crippen LogP contribution in [-0.2, 0) is 0 Å². The van der Waals surface area contributed by atoms with Gasteiger partial charge in [-0.1, -0.05) is 38.2 Å². The van der Waals surface area contributed by atoms with Crippen LogP contribution in [0, 0.1) is 0 Å². The van der Waals surface area contributed by atoms with Crippen LogP contribution in [0.1, 0.15) is 39.5 Å². The summed E-state index contributed by atoms with van der Waals surface area (Å²) in [6, 6.07) is 0.165. The molecular weight excluding hydrogens is 146 g/mol. The van der Waals surface area contributed by atoms with Gasteiger partial charge in [-0.2, -0.15) is 0 Å². The molecule has 0 aromatic rings. The van der Waals surface area contributed by atoms with Crippen LogP contribution < -0.4 is 5.73 Å². The third-order valence-electron chi connectivity index (χ3n) is 2.29. The molecule has 0 aromatic heterocycles. The van der Waals surface area contributed by atoms with Gasteiger partial charge < -0.3 is 5.73 Å². The van der Waals surface area contributed by atoms with Crippen molar-refractivity contribution in [1.82, 2.24) is 0 Å². The Morgan fingerprint density at radius 3 is 2.25 bits per heavy atom. The molecule has 0 saturated carbocycles. The van der Waals surface area contributed by atoms with Gasteiger partial charge in [-0.25, -0.2) is 0 Å². The Morgan fingerprint density at radius 1 is 1.25 bits per heavy atom. The highest BCUT2D eigenvalue weighted by atomic mass is 14.6. The molecule has 0 heterocycles. The third-order valence-corrected chi connectivity index (χ3v) is 2.29. The van der Waals surface area contributed by atoms with Crippen molar-refractivity contribution in [2.24, 2.45) is 5.73 Å². The van der Waals surface area contributed by atoms with Gasteiger partial charge in [-0.3, -0.25) is 0 Å². The fourth-order valence-electron chi connectivity index (χ4n) is 1.00. The standard InChI is InChI=1S/C11H21N/c1-5-9(3)7-8-11(12)10(4)6-2/h11H,3-8,12H2,1-2H3. The van der Waals surface area contributed by atoms with E-state index in [9.17, 15) is 0 Å². The fraction of sp³-hybridized carbons (Fsp3) is 0.636. The summed E-state index contributed by atoms with van der Waals surface area (Å²) in [4.78, 5) is 0. The summed E-state index contributed by atoms with van der Waals surface area (Å²) in [5.74, 6) is 0. The van der Waals surface area contributed by atoms with Crippen LogP contribution in [0.2, 0.25) is 0 Å². The molecule has 0 spiro atoms. The molecule has 0 aliphatic rings. The van der Waals surface area contributed by atoms with E-state index in [1.807, 2.05) is 0 Å². The largest absolute Gasteiger partial charge is 0.324 e. The first-order valence-electron chi connectivity index (χ1n) is 4.71. The Kier molecular flexibility index (Phi) is 5.73. The van der Waals surface area contributed by atoms with Gasteiger partial charge in [-0.05, 0) is 25.7 Å². The average molecular weight is 167 g/mol. The lowest BCUT2D eigenvalue weighted by Crippen LogP contribution is -2.21. The number of nitrogens with two attached hydrogens (primary N) is 1. The van der Waals surface area contributed by atoms with Gasteiger partial charge in [0.1, 0.15) is 0 Å². The Hall–Kier alpha value is -0.560. The minimum Gasteiger partial charge on any atom is -0.324 e. The van der Waals surface area contributed by atoms with Gasteiger partial charge in [0.05, 0.1) is 0 Å². The molecule has 0 bridgehead atoms. The zero-order valence-electron chi connectivity index (χ0n) is 8.40. The predicted octanol–water partition coefficient (Wildman–Crippen LogP) is 3.03. The SMILES string of the molecule is C=C(CC)CCC(N)C(=C)CC. The summed E-state index contributed by atoms with van der Waals surface area (Å²) in [5, 5.41) is 0. The smallest absolute Gasteiger partial charge is 0.0253 e. The summed E-state index contributed by atoms with van der Waals surface area (Å²) in [7, 11) is 0. The Bertz CT molecular complexity index is 158. The number of hydrogen-bond donors (Lipinski definition) is 1. The van der Waals surface area contributed by atoms with Crippen LogP contribution in [0.3, 0.4) is 0 Å². The molecule has 0 aromatic carbocycles. The van der Waals surface area contributed by atoms with Crippen molar-refractivity contribution >= 4 is 0 Å². The summed E-state index contributed by atoms with van der Waals surface area (Å²) in [5.41, 5.74) is 8.33. The highest BCUT2D eigenvalue weighted by molar-refractivity contribution is 5.05. The normalized spacial score (nSPS) is 12.6. The zero-order valence-corrected chi connectivity index (χ0v) is 8.40. The number of allylic oxidation sites excluding steroid dienone is 1. The van der Waals surface area contributed by atoms with E-state index in [0.717, 1.165) is 31.3 Å². The highest BCUT2D eigenvalue weighted by Crippen LogP contribution is 2.12. The second-order valence-corrected chi connectivity index (χ2v) is 3.26. The first-order chi connectivity index (χ1) is 5.61. The first-order valence-corrected chi connectivity index (χ1v) is 4.71. The summed E-state index contributed by atoms with van der Waals surface area (Å²) < 4.78 is 0. The first kappa shape index (κ1) is 11.4. The average Bonchev–Trinajstić information content (AvgIpc) is 2.11. The molecule has 0 radical (unpaired) electrons. The monoisotopic (exact) mass is 167 g/mol. The maximum atomic E-state index is 5.89.